The number of hydrogen-bond acceptors (Lipinski definition) is 10. The van der Waals surface area contributed by atoms with Gasteiger partial charge in [0.1, 0.15) is 30.0 Å². The van der Waals surface area contributed by atoms with Gasteiger partial charge in [0.15, 0.2) is 6.10 Å². The Morgan fingerprint density at radius 1 is 0.887 bits per heavy atom. The van der Waals surface area contributed by atoms with Crippen molar-refractivity contribution >= 4 is 41.2 Å². The Balaban J connectivity index is 1.29. The number of nitrogens with one attached hydrogen (secondary N) is 2. The quantitative estimate of drug-likeness (QED) is 0.0385. The molecule has 3 amide bonds. The number of ether oxygens (including phenoxy) is 3. The Labute approximate surface area is 368 Å². The van der Waals surface area contributed by atoms with Crippen LogP contribution in [0, 0.1) is 11.8 Å². The molecule has 5 rings (SSSR count). The topological polar surface area (TPSA) is 153 Å². The molecule has 0 fully saturated rings. The molecular weight excluding hydrogens is 805 g/mol. The Hall–Kier alpha value is -6.08. The minimum absolute atomic E-state index is 0.0586. The minimum atomic E-state index is -0.894. The van der Waals surface area contributed by atoms with Gasteiger partial charge in [-0.05, 0) is 53.0 Å². The van der Waals surface area contributed by atoms with Crippen molar-refractivity contribution in [2.75, 3.05) is 20.3 Å². The molecule has 0 spiro atoms. The van der Waals surface area contributed by atoms with Gasteiger partial charge in [-0.1, -0.05) is 132 Å². The number of fused-ring (bicyclic) bond motifs is 3. The van der Waals surface area contributed by atoms with Crippen LogP contribution >= 0.6 is 11.3 Å². The third-order valence-electron chi connectivity index (χ3n) is 11.2. The number of carbonyl (C=O) groups excluding carboxylic acids is 5. The molecule has 0 saturated carbocycles. The van der Waals surface area contributed by atoms with Crippen LogP contribution in [-0.2, 0) is 35.0 Å². The van der Waals surface area contributed by atoms with E-state index in [-0.39, 0.29) is 49.0 Å². The number of likely N-dealkylation sites (N-methyl/N-ethyl adjacent to an activating group) is 1. The van der Waals surface area contributed by atoms with Crippen molar-refractivity contribution in [2.45, 2.75) is 91.0 Å². The molecule has 0 saturated heterocycles. The lowest BCUT2D eigenvalue weighted by Crippen LogP contribution is -2.54. The number of aromatic nitrogens is 1. The van der Waals surface area contributed by atoms with E-state index in [0.717, 1.165) is 27.8 Å². The SMILES string of the molecule is C=CCOC(=O)C(C)=C[C@H](Cc1ccccc1)NC(=O)c1csc([C@@H](C[C@H](C(C)C)N(C)C(=O)[C@@H](NC(=O)OCC2c3ccccc3-c3ccccc32)[C@@H](C)CC)OC(C)=O)n1. The number of amides is 3. The van der Waals surface area contributed by atoms with Crippen molar-refractivity contribution in [3.63, 3.8) is 0 Å². The maximum absolute atomic E-state index is 14.4. The first-order valence-electron chi connectivity index (χ1n) is 21.0. The van der Waals surface area contributed by atoms with E-state index in [2.05, 4.69) is 34.3 Å². The van der Waals surface area contributed by atoms with Crippen LogP contribution < -0.4 is 10.6 Å². The van der Waals surface area contributed by atoms with Crippen molar-refractivity contribution in [2.24, 2.45) is 11.8 Å². The van der Waals surface area contributed by atoms with Gasteiger partial charge < -0.3 is 29.7 Å². The van der Waals surface area contributed by atoms with Crippen LogP contribution in [0.2, 0.25) is 0 Å². The monoisotopic (exact) mass is 862 g/mol. The summed E-state index contributed by atoms with van der Waals surface area (Å²) in [6.45, 7) is 14.5. The second-order valence-electron chi connectivity index (χ2n) is 16.0. The number of thiazole rings is 1. The summed E-state index contributed by atoms with van der Waals surface area (Å²) in [7, 11) is 1.68. The van der Waals surface area contributed by atoms with Crippen LogP contribution in [-0.4, -0.2) is 78.1 Å². The number of carbonyl (C=O) groups is 5. The lowest BCUT2D eigenvalue weighted by atomic mass is 9.93. The molecule has 3 aromatic carbocycles. The van der Waals surface area contributed by atoms with E-state index >= 15 is 0 Å². The number of alkyl carbamates (subject to hydrolysis) is 1. The van der Waals surface area contributed by atoms with Gasteiger partial charge in [-0.25, -0.2) is 14.6 Å². The Morgan fingerprint density at radius 3 is 2.11 bits per heavy atom. The molecule has 1 aliphatic carbocycles. The molecule has 62 heavy (non-hydrogen) atoms. The average molecular weight is 863 g/mol. The zero-order chi connectivity index (χ0) is 44.9. The molecule has 0 unspecified atom stereocenters. The maximum atomic E-state index is 14.4. The van der Waals surface area contributed by atoms with Gasteiger partial charge in [-0.2, -0.15) is 0 Å². The Bertz CT molecular complexity index is 2190. The van der Waals surface area contributed by atoms with Crippen LogP contribution in [0.15, 0.2) is 109 Å². The molecule has 4 aromatic rings. The lowest BCUT2D eigenvalue weighted by Gasteiger charge is -2.36. The molecule has 0 bridgehead atoms. The smallest absolute Gasteiger partial charge is 0.407 e. The van der Waals surface area contributed by atoms with Crippen LogP contribution in [0.1, 0.15) is 98.6 Å². The van der Waals surface area contributed by atoms with E-state index in [1.165, 1.54) is 24.3 Å². The zero-order valence-corrected chi connectivity index (χ0v) is 37.4. The normalized spacial score (nSPS) is 14.6. The van der Waals surface area contributed by atoms with Gasteiger partial charge in [-0.15, -0.1) is 11.3 Å². The number of hydrogen-bond donors (Lipinski definition) is 2. The van der Waals surface area contributed by atoms with Gasteiger partial charge in [0.25, 0.3) is 5.91 Å². The molecule has 12 nitrogen and oxygen atoms in total. The predicted molar refractivity (Wildman–Crippen MR) is 240 cm³/mol. The van der Waals surface area contributed by atoms with Crippen molar-refractivity contribution in [3.05, 3.63) is 136 Å². The molecular formula is C49H58N4O8S. The van der Waals surface area contributed by atoms with E-state index < -0.39 is 48.2 Å². The average Bonchev–Trinajstić information content (AvgIpc) is 3.88. The number of nitrogens with zero attached hydrogens (tertiary/aromatic N) is 2. The van der Waals surface area contributed by atoms with Gasteiger partial charge in [0, 0.05) is 43.3 Å². The summed E-state index contributed by atoms with van der Waals surface area (Å²) in [5.41, 5.74) is 5.78. The summed E-state index contributed by atoms with van der Waals surface area (Å²) in [5.74, 6) is -2.34. The molecule has 1 heterocycles. The van der Waals surface area contributed by atoms with Crippen molar-refractivity contribution < 1.29 is 38.2 Å². The van der Waals surface area contributed by atoms with Gasteiger partial charge in [-0.3, -0.25) is 14.4 Å². The zero-order valence-electron chi connectivity index (χ0n) is 36.6. The molecule has 5 atom stereocenters. The fourth-order valence-corrected chi connectivity index (χ4v) is 8.59. The summed E-state index contributed by atoms with van der Waals surface area (Å²) in [4.78, 5) is 72.9. The summed E-state index contributed by atoms with van der Waals surface area (Å²) >= 11 is 1.17. The van der Waals surface area contributed by atoms with E-state index in [1.807, 2.05) is 94.4 Å². The van der Waals surface area contributed by atoms with E-state index in [4.69, 9.17) is 14.2 Å². The third-order valence-corrected chi connectivity index (χ3v) is 12.2. The van der Waals surface area contributed by atoms with E-state index in [1.54, 1.807) is 30.3 Å². The van der Waals surface area contributed by atoms with Gasteiger partial charge in [0.05, 0.1) is 6.04 Å². The fraction of sp³-hybridized carbons (Fsp3) is 0.388. The second kappa shape index (κ2) is 22.1. The summed E-state index contributed by atoms with van der Waals surface area (Å²) in [5, 5.41) is 7.83. The summed E-state index contributed by atoms with van der Waals surface area (Å²) < 4.78 is 16.8. The first-order chi connectivity index (χ1) is 29.7. The highest BCUT2D eigenvalue weighted by Crippen LogP contribution is 2.44. The Kier molecular flexibility index (Phi) is 16.8. The predicted octanol–water partition coefficient (Wildman–Crippen LogP) is 8.59. The highest BCUT2D eigenvalue weighted by atomic mass is 32.1. The van der Waals surface area contributed by atoms with Crippen LogP contribution in [0.3, 0.4) is 0 Å². The lowest BCUT2D eigenvalue weighted by molar-refractivity contribution is -0.148. The van der Waals surface area contributed by atoms with E-state index in [9.17, 15) is 24.0 Å². The summed E-state index contributed by atoms with van der Waals surface area (Å²) in [6.07, 6.45) is 2.75. The molecule has 13 heteroatoms. The summed E-state index contributed by atoms with van der Waals surface area (Å²) in [6, 6.07) is 23.8. The minimum Gasteiger partial charge on any atom is -0.458 e. The Morgan fingerprint density at radius 2 is 1.52 bits per heavy atom. The second-order valence-corrected chi connectivity index (χ2v) is 16.9. The molecule has 328 valence electrons. The highest BCUT2D eigenvalue weighted by molar-refractivity contribution is 7.09. The van der Waals surface area contributed by atoms with Crippen LogP contribution in [0.5, 0.6) is 0 Å². The van der Waals surface area contributed by atoms with Crippen molar-refractivity contribution in [3.8, 4) is 11.1 Å². The molecule has 0 radical (unpaired) electrons. The highest BCUT2D eigenvalue weighted by Gasteiger charge is 2.36. The molecule has 1 aliphatic rings. The van der Waals surface area contributed by atoms with Crippen molar-refractivity contribution in [1.82, 2.24) is 20.5 Å². The maximum Gasteiger partial charge on any atom is 0.407 e. The fourth-order valence-electron chi connectivity index (χ4n) is 7.75. The van der Waals surface area contributed by atoms with Crippen molar-refractivity contribution in [1.29, 1.82) is 0 Å². The van der Waals surface area contributed by atoms with Crippen LogP contribution in [0.25, 0.3) is 11.1 Å². The number of rotatable bonds is 20. The van der Waals surface area contributed by atoms with E-state index in [0.29, 0.717) is 23.4 Å². The first-order valence-corrected chi connectivity index (χ1v) is 21.9. The first kappa shape index (κ1) is 47.0. The molecule has 0 aliphatic heterocycles. The van der Waals surface area contributed by atoms with Gasteiger partial charge >= 0.3 is 18.0 Å². The number of benzene rings is 3. The molecule has 1 aromatic heterocycles. The standard InChI is InChI=1S/C49H58N4O8S/c1-9-24-59-48(57)32(6)25-35(26-34-18-12-11-13-19-34)50-45(55)41-29-62-46(51-41)43(61-33(7)54)27-42(30(3)4)53(8)47(56)44(31(5)10-2)52-49(58)60-28-40-38-22-16-14-20-36(38)37-21-15-17-23-39(37)40/h9,11-23,25,29-31,35,40,42-44H,1,10,24,26-28H2,2-8H3,(H,50,55)(H,52,58)/t31-,35+,42+,43+,44-/m0/s1. The van der Waals surface area contributed by atoms with Crippen LogP contribution in [0.4, 0.5) is 4.79 Å². The molecule has 2 N–H and O–H groups in total. The number of esters is 2. The third kappa shape index (κ3) is 12.1. The largest absolute Gasteiger partial charge is 0.458 e. The van der Waals surface area contributed by atoms with Gasteiger partial charge in [0.2, 0.25) is 5.91 Å².